The third-order valence-corrected chi connectivity index (χ3v) is 5.81. The van der Waals surface area contributed by atoms with Crippen LogP contribution in [0.15, 0.2) is 24.3 Å². The van der Waals surface area contributed by atoms with E-state index in [2.05, 4.69) is 36.5 Å². The molecule has 2 fully saturated rings. The lowest BCUT2D eigenvalue weighted by Crippen LogP contribution is -2.37. The fourth-order valence-corrected chi connectivity index (χ4v) is 4.71. The van der Waals surface area contributed by atoms with Gasteiger partial charge in [0.2, 0.25) is 0 Å². The molecular formula is C18H25NO. The molecule has 4 rings (SSSR count). The second-order valence-corrected chi connectivity index (χ2v) is 7.15. The fraction of sp³-hybridized carbons (Fsp3) is 0.667. The number of nitrogens with one attached hydrogen (secondary N) is 1. The van der Waals surface area contributed by atoms with Gasteiger partial charge < -0.3 is 10.1 Å². The lowest BCUT2D eigenvalue weighted by atomic mass is 9.87. The van der Waals surface area contributed by atoms with E-state index in [9.17, 15) is 0 Å². The smallest absolute Gasteiger partial charge is 0.124 e. The van der Waals surface area contributed by atoms with Crippen molar-refractivity contribution >= 4 is 0 Å². The van der Waals surface area contributed by atoms with Gasteiger partial charge in [-0.3, -0.25) is 0 Å². The summed E-state index contributed by atoms with van der Waals surface area (Å²) in [5, 5.41) is 3.87. The predicted molar refractivity (Wildman–Crippen MR) is 80.8 cm³/mol. The monoisotopic (exact) mass is 271 g/mol. The molecule has 1 aromatic carbocycles. The van der Waals surface area contributed by atoms with Gasteiger partial charge in [0, 0.05) is 17.5 Å². The van der Waals surface area contributed by atoms with Crippen molar-refractivity contribution in [3.63, 3.8) is 0 Å². The molecule has 5 unspecified atom stereocenters. The summed E-state index contributed by atoms with van der Waals surface area (Å²) >= 11 is 0. The highest BCUT2D eigenvalue weighted by atomic mass is 16.5. The maximum atomic E-state index is 5.85. The standard InChI is InChI=1S/C18H25NO/c1-12-11-20-17-5-3-2-4-16(17)18(12)19-10-15-9-13-6-7-14(15)8-13/h2-5,12-15,18-19H,6-11H2,1H3. The van der Waals surface area contributed by atoms with Crippen LogP contribution in [-0.2, 0) is 0 Å². The van der Waals surface area contributed by atoms with Crippen LogP contribution in [-0.4, -0.2) is 13.2 Å². The second kappa shape index (κ2) is 5.07. The lowest BCUT2D eigenvalue weighted by Gasteiger charge is -2.34. The highest BCUT2D eigenvalue weighted by Crippen LogP contribution is 2.48. The molecule has 2 nitrogen and oxygen atoms in total. The number of hydrogen-bond donors (Lipinski definition) is 1. The Morgan fingerprint density at radius 3 is 2.90 bits per heavy atom. The molecule has 0 saturated heterocycles. The summed E-state index contributed by atoms with van der Waals surface area (Å²) in [4.78, 5) is 0. The molecule has 0 spiro atoms. The molecule has 0 amide bonds. The van der Waals surface area contributed by atoms with E-state index in [0.29, 0.717) is 12.0 Å². The molecule has 1 N–H and O–H groups in total. The Hall–Kier alpha value is -1.02. The first-order valence-corrected chi connectivity index (χ1v) is 8.26. The van der Waals surface area contributed by atoms with Crippen LogP contribution in [0, 0.1) is 23.7 Å². The topological polar surface area (TPSA) is 21.3 Å². The van der Waals surface area contributed by atoms with Gasteiger partial charge in [0.15, 0.2) is 0 Å². The first-order valence-electron chi connectivity index (χ1n) is 8.26. The normalized spacial score (nSPS) is 38.5. The summed E-state index contributed by atoms with van der Waals surface area (Å²) < 4.78 is 5.85. The van der Waals surface area contributed by atoms with Crippen molar-refractivity contribution in [2.24, 2.45) is 23.7 Å². The molecule has 0 radical (unpaired) electrons. The van der Waals surface area contributed by atoms with Crippen molar-refractivity contribution < 1.29 is 4.74 Å². The van der Waals surface area contributed by atoms with Gasteiger partial charge in [-0.2, -0.15) is 0 Å². The molecule has 2 heteroatoms. The SMILES string of the molecule is CC1COc2ccccc2C1NCC1CC2CCC1C2. The summed E-state index contributed by atoms with van der Waals surface area (Å²) in [6, 6.07) is 9.00. The molecule has 2 aliphatic carbocycles. The third kappa shape index (κ3) is 2.14. The van der Waals surface area contributed by atoms with Crippen molar-refractivity contribution in [3.8, 4) is 5.75 Å². The number of hydrogen-bond acceptors (Lipinski definition) is 2. The number of ether oxygens (including phenoxy) is 1. The largest absolute Gasteiger partial charge is 0.493 e. The van der Waals surface area contributed by atoms with Crippen LogP contribution < -0.4 is 10.1 Å². The van der Waals surface area contributed by atoms with Crippen molar-refractivity contribution in [1.29, 1.82) is 0 Å². The molecule has 2 saturated carbocycles. The predicted octanol–water partition coefficient (Wildman–Crippen LogP) is 3.78. The summed E-state index contributed by atoms with van der Waals surface area (Å²) in [6.45, 7) is 4.34. The third-order valence-electron chi connectivity index (χ3n) is 5.81. The summed E-state index contributed by atoms with van der Waals surface area (Å²) in [5.74, 6) is 4.62. The minimum Gasteiger partial charge on any atom is -0.493 e. The Labute approximate surface area is 121 Å². The quantitative estimate of drug-likeness (QED) is 0.903. The van der Waals surface area contributed by atoms with Gasteiger partial charge in [0.1, 0.15) is 5.75 Å². The van der Waals surface area contributed by atoms with Gasteiger partial charge in [0.25, 0.3) is 0 Å². The van der Waals surface area contributed by atoms with Crippen LogP contribution in [0.1, 0.15) is 44.2 Å². The zero-order valence-electron chi connectivity index (χ0n) is 12.3. The molecule has 1 aliphatic heterocycles. The highest BCUT2D eigenvalue weighted by molar-refractivity contribution is 5.37. The van der Waals surface area contributed by atoms with E-state index in [1.165, 1.54) is 37.8 Å². The lowest BCUT2D eigenvalue weighted by molar-refractivity contribution is 0.180. The summed E-state index contributed by atoms with van der Waals surface area (Å²) in [6.07, 6.45) is 5.96. The summed E-state index contributed by atoms with van der Waals surface area (Å²) in [5.41, 5.74) is 1.36. The maximum Gasteiger partial charge on any atom is 0.124 e. The van der Waals surface area contributed by atoms with Crippen LogP contribution in [0.3, 0.4) is 0 Å². The molecule has 5 atom stereocenters. The Balaban J connectivity index is 1.45. The number of para-hydroxylation sites is 1. The van der Waals surface area contributed by atoms with E-state index in [-0.39, 0.29) is 0 Å². The molecule has 2 bridgehead atoms. The fourth-order valence-electron chi connectivity index (χ4n) is 4.71. The van der Waals surface area contributed by atoms with Gasteiger partial charge in [0.05, 0.1) is 6.61 Å². The average molecular weight is 271 g/mol. The van der Waals surface area contributed by atoms with Gasteiger partial charge in [-0.25, -0.2) is 0 Å². The number of fused-ring (bicyclic) bond motifs is 3. The van der Waals surface area contributed by atoms with Crippen molar-refractivity contribution in [1.82, 2.24) is 5.32 Å². The van der Waals surface area contributed by atoms with Gasteiger partial charge >= 0.3 is 0 Å². The Morgan fingerprint density at radius 2 is 2.10 bits per heavy atom. The molecule has 1 aromatic rings. The van der Waals surface area contributed by atoms with E-state index in [1.54, 1.807) is 0 Å². The molecule has 3 aliphatic rings. The maximum absolute atomic E-state index is 5.85. The molecular weight excluding hydrogens is 246 g/mol. The van der Waals surface area contributed by atoms with E-state index < -0.39 is 0 Å². The molecule has 0 aromatic heterocycles. The van der Waals surface area contributed by atoms with E-state index in [1.807, 2.05) is 0 Å². The van der Waals surface area contributed by atoms with Crippen LogP contribution in [0.2, 0.25) is 0 Å². The van der Waals surface area contributed by atoms with Crippen molar-refractivity contribution in [2.75, 3.05) is 13.2 Å². The van der Waals surface area contributed by atoms with Crippen molar-refractivity contribution in [3.05, 3.63) is 29.8 Å². The first-order chi connectivity index (χ1) is 9.81. The number of rotatable bonds is 3. The van der Waals surface area contributed by atoms with Gasteiger partial charge in [-0.05, 0) is 49.6 Å². The number of benzene rings is 1. The van der Waals surface area contributed by atoms with Crippen LogP contribution in [0.25, 0.3) is 0 Å². The van der Waals surface area contributed by atoms with Gasteiger partial charge in [-0.1, -0.05) is 31.5 Å². The zero-order valence-corrected chi connectivity index (χ0v) is 12.3. The van der Waals surface area contributed by atoms with Crippen molar-refractivity contribution in [2.45, 2.75) is 38.6 Å². The van der Waals surface area contributed by atoms with E-state index in [0.717, 1.165) is 30.1 Å². The second-order valence-electron chi connectivity index (χ2n) is 7.15. The summed E-state index contributed by atoms with van der Waals surface area (Å²) in [7, 11) is 0. The minimum atomic E-state index is 0.471. The Kier molecular flexibility index (Phi) is 3.22. The van der Waals surface area contributed by atoms with Crippen LogP contribution >= 0.6 is 0 Å². The van der Waals surface area contributed by atoms with E-state index >= 15 is 0 Å². The van der Waals surface area contributed by atoms with E-state index in [4.69, 9.17) is 4.74 Å². The van der Waals surface area contributed by atoms with Crippen LogP contribution in [0.5, 0.6) is 5.75 Å². The Bertz CT molecular complexity index is 486. The average Bonchev–Trinajstić information content (AvgIpc) is 3.09. The highest BCUT2D eigenvalue weighted by Gasteiger charge is 2.39. The zero-order chi connectivity index (χ0) is 13.5. The van der Waals surface area contributed by atoms with Gasteiger partial charge in [-0.15, -0.1) is 0 Å². The van der Waals surface area contributed by atoms with Crippen LogP contribution in [0.4, 0.5) is 0 Å². The minimum absolute atomic E-state index is 0.471. The Morgan fingerprint density at radius 1 is 1.20 bits per heavy atom. The molecule has 20 heavy (non-hydrogen) atoms. The molecule has 1 heterocycles. The molecule has 108 valence electrons. The first kappa shape index (κ1) is 12.7.